The van der Waals surface area contributed by atoms with Gasteiger partial charge in [-0.2, -0.15) is 0 Å². The van der Waals surface area contributed by atoms with Crippen LogP contribution in [-0.2, 0) is 17.7 Å². The first-order valence-electron chi connectivity index (χ1n) is 7.32. The average molecular weight is 286 g/mol. The fourth-order valence-electron chi connectivity index (χ4n) is 2.84. The molecule has 0 radical (unpaired) electrons. The standard InChI is InChI=1S/C16H18N2O3/c1-21-16(20)11-7-8-12-13(10-11)17-14-6-4-2-3-5-9-18(14)15(12)19/h7-8,10H,2-6,9H2,1H3. The number of hydrogen-bond donors (Lipinski definition) is 0. The van der Waals surface area contributed by atoms with Crippen molar-refractivity contribution in [1.29, 1.82) is 0 Å². The van der Waals surface area contributed by atoms with E-state index in [0.29, 0.717) is 16.5 Å². The van der Waals surface area contributed by atoms with Gasteiger partial charge in [0.15, 0.2) is 0 Å². The van der Waals surface area contributed by atoms with E-state index < -0.39 is 5.97 Å². The highest BCUT2D eigenvalue weighted by atomic mass is 16.5. The first kappa shape index (κ1) is 13.8. The van der Waals surface area contributed by atoms with Crippen LogP contribution in [0.4, 0.5) is 0 Å². The molecule has 1 aromatic carbocycles. The van der Waals surface area contributed by atoms with Gasteiger partial charge in [0.2, 0.25) is 0 Å². The number of fused-ring (bicyclic) bond motifs is 2. The van der Waals surface area contributed by atoms with Crippen molar-refractivity contribution in [2.45, 2.75) is 38.6 Å². The molecule has 1 aliphatic rings. The van der Waals surface area contributed by atoms with Crippen LogP contribution in [0.1, 0.15) is 41.9 Å². The van der Waals surface area contributed by atoms with Crippen LogP contribution in [0.3, 0.4) is 0 Å². The zero-order chi connectivity index (χ0) is 14.8. The number of nitrogens with zero attached hydrogens (tertiary/aromatic N) is 2. The Labute approximate surface area is 122 Å². The number of ether oxygens (including phenoxy) is 1. The fourth-order valence-corrected chi connectivity index (χ4v) is 2.84. The number of esters is 1. The molecule has 21 heavy (non-hydrogen) atoms. The Balaban J connectivity index is 2.18. The van der Waals surface area contributed by atoms with Crippen LogP contribution in [0.2, 0.25) is 0 Å². The molecule has 0 unspecified atom stereocenters. The van der Waals surface area contributed by atoms with Gasteiger partial charge in [-0.25, -0.2) is 9.78 Å². The number of carbonyl (C=O) groups excluding carboxylic acids is 1. The van der Waals surface area contributed by atoms with E-state index in [2.05, 4.69) is 4.98 Å². The van der Waals surface area contributed by atoms with Crippen LogP contribution < -0.4 is 5.56 Å². The second kappa shape index (κ2) is 5.68. The van der Waals surface area contributed by atoms with Crippen molar-refractivity contribution in [3.8, 4) is 0 Å². The summed E-state index contributed by atoms with van der Waals surface area (Å²) < 4.78 is 6.51. The number of methoxy groups -OCH3 is 1. The van der Waals surface area contributed by atoms with Gasteiger partial charge in [0.05, 0.1) is 23.6 Å². The van der Waals surface area contributed by atoms with Crippen molar-refractivity contribution in [2.24, 2.45) is 0 Å². The monoisotopic (exact) mass is 286 g/mol. The molecular formula is C16H18N2O3. The molecule has 0 saturated heterocycles. The minimum atomic E-state index is -0.412. The Hall–Kier alpha value is -2.17. The van der Waals surface area contributed by atoms with Crippen molar-refractivity contribution in [3.05, 3.63) is 39.9 Å². The van der Waals surface area contributed by atoms with E-state index in [1.165, 1.54) is 13.5 Å². The van der Waals surface area contributed by atoms with Crippen LogP contribution in [0.5, 0.6) is 0 Å². The molecule has 110 valence electrons. The maximum Gasteiger partial charge on any atom is 0.337 e. The van der Waals surface area contributed by atoms with Gasteiger partial charge in [-0.1, -0.05) is 12.8 Å². The van der Waals surface area contributed by atoms with Gasteiger partial charge >= 0.3 is 5.97 Å². The number of rotatable bonds is 1. The number of aromatic nitrogens is 2. The fraction of sp³-hybridized carbons (Fsp3) is 0.438. The third-order valence-electron chi connectivity index (χ3n) is 3.99. The third kappa shape index (κ3) is 2.55. The highest BCUT2D eigenvalue weighted by Gasteiger charge is 2.14. The summed E-state index contributed by atoms with van der Waals surface area (Å²) in [6.07, 6.45) is 5.21. The zero-order valence-electron chi connectivity index (χ0n) is 12.1. The van der Waals surface area contributed by atoms with Crippen molar-refractivity contribution in [2.75, 3.05) is 7.11 Å². The number of carbonyl (C=O) groups is 1. The molecule has 0 amide bonds. The van der Waals surface area contributed by atoms with Gasteiger partial charge in [0, 0.05) is 13.0 Å². The van der Waals surface area contributed by atoms with E-state index in [9.17, 15) is 9.59 Å². The summed E-state index contributed by atoms with van der Waals surface area (Å²) in [5.41, 5.74) is 0.996. The molecule has 3 rings (SSSR count). The van der Waals surface area contributed by atoms with E-state index in [0.717, 1.165) is 38.1 Å². The highest BCUT2D eigenvalue weighted by Crippen LogP contribution is 2.16. The van der Waals surface area contributed by atoms with Crippen molar-refractivity contribution >= 4 is 16.9 Å². The van der Waals surface area contributed by atoms with Crippen molar-refractivity contribution in [1.82, 2.24) is 9.55 Å². The second-order valence-corrected chi connectivity index (χ2v) is 5.37. The predicted molar refractivity (Wildman–Crippen MR) is 79.5 cm³/mol. The lowest BCUT2D eigenvalue weighted by molar-refractivity contribution is 0.0601. The molecule has 0 aliphatic carbocycles. The molecule has 0 fully saturated rings. The van der Waals surface area contributed by atoms with Crippen molar-refractivity contribution < 1.29 is 9.53 Å². The lowest BCUT2D eigenvalue weighted by Gasteiger charge is -2.16. The van der Waals surface area contributed by atoms with Gasteiger partial charge in [-0.15, -0.1) is 0 Å². The van der Waals surface area contributed by atoms with Gasteiger partial charge in [-0.05, 0) is 31.0 Å². The molecule has 5 nitrogen and oxygen atoms in total. The summed E-state index contributed by atoms with van der Waals surface area (Å²) in [6, 6.07) is 4.93. The topological polar surface area (TPSA) is 61.2 Å². The molecule has 0 spiro atoms. The Morgan fingerprint density at radius 2 is 2.05 bits per heavy atom. The largest absolute Gasteiger partial charge is 0.465 e. The Bertz CT molecular complexity index is 749. The van der Waals surface area contributed by atoms with Crippen LogP contribution in [-0.4, -0.2) is 22.6 Å². The maximum atomic E-state index is 12.6. The molecule has 5 heteroatoms. The summed E-state index contributed by atoms with van der Waals surface area (Å²) in [6.45, 7) is 0.732. The van der Waals surface area contributed by atoms with Gasteiger partial charge in [0.25, 0.3) is 5.56 Å². The van der Waals surface area contributed by atoms with E-state index in [1.54, 1.807) is 22.8 Å². The molecule has 1 aliphatic heterocycles. The molecule has 0 saturated carbocycles. The molecule has 0 bridgehead atoms. The van der Waals surface area contributed by atoms with Crippen LogP contribution >= 0.6 is 0 Å². The molecule has 0 N–H and O–H groups in total. The van der Waals surface area contributed by atoms with E-state index >= 15 is 0 Å². The summed E-state index contributed by atoms with van der Waals surface area (Å²) in [7, 11) is 1.34. The Morgan fingerprint density at radius 3 is 2.86 bits per heavy atom. The summed E-state index contributed by atoms with van der Waals surface area (Å²) in [4.78, 5) is 28.8. The maximum absolute atomic E-state index is 12.6. The number of hydrogen-bond acceptors (Lipinski definition) is 4. The van der Waals surface area contributed by atoms with E-state index in [4.69, 9.17) is 4.74 Å². The summed E-state index contributed by atoms with van der Waals surface area (Å²) in [5, 5.41) is 0.562. The Kier molecular flexibility index (Phi) is 3.73. The van der Waals surface area contributed by atoms with Gasteiger partial charge in [-0.3, -0.25) is 9.36 Å². The molecular weight excluding hydrogens is 268 g/mol. The van der Waals surface area contributed by atoms with Gasteiger partial charge < -0.3 is 4.74 Å². The SMILES string of the molecule is COC(=O)c1ccc2c(=O)n3c(nc2c1)CCCCCC3. The summed E-state index contributed by atoms with van der Waals surface area (Å²) in [5.74, 6) is 0.416. The number of aryl methyl sites for hydroxylation is 1. The van der Waals surface area contributed by atoms with Crippen LogP contribution in [0.15, 0.2) is 23.0 Å². The summed E-state index contributed by atoms with van der Waals surface area (Å²) >= 11 is 0. The highest BCUT2D eigenvalue weighted by molar-refractivity contribution is 5.94. The molecule has 1 aromatic heterocycles. The predicted octanol–water partition coefficient (Wildman–Crippen LogP) is 2.30. The van der Waals surface area contributed by atoms with Gasteiger partial charge in [0.1, 0.15) is 5.82 Å². The minimum Gasteiger partial charge on any atom is -0.465 e. The van der Waals surface area contributed by atoms with Crippen LogP contribution in [0, 0.1) is 0 Å². The smallest absolute Gasteiger partial charge is 0.337 e. The van der Waals surface area contributed by atoms with E-state index in [1.807, 2.05) is 0 Å². The number of benzene rings is 1. The zero-order valence-corrected chi connectivity index (χ0v) is 12.1. The Morgan fingerprint density at radius 1 is 1.24 bits per heavy atom. The molecule has 2 aromatic rings. The van der Waals surface area contributed by atoms with Crippen molar-refractivity contribution in [3.63, 3.8) is 0 Å². The normalized spacial score (nSPS) is 15.1. The minimum absolute atomic E-state index is 0.00619. The molecule has 2 heterocycles. The second-order valence-electron chi connectivity index (χ2n) is 5.37. The quantitative estimate of drug-likeness (QED) is 0.755. The average Bonchev–Trinajstić information content (AvgIpc) is 2.48. The lowest BCUT2D eigenvalue weighted by Crippen LogP contribution is -2.26. The van der Waals surface area contributed by atoms with Crippen LogP contribution in [0.25, 0.3) is 10.9 Å². The first-order valence-corrected chi connectivity index (χ1v) is 7.32. The lowest BCUT2D eigenvalue weighted by atomic mass is 10.1. The third-order valence-corrected chi connectivity index (χ3v) is 3.99. The van der Waals surface area contributed by atoms with E-state index in [-0.39, 0.29) is 5.56 Å². The molecule has 0 atom stereocenters. The first-order chi connectivity index (χ1) is 10.2.